The predicted molar refractivity (Wildman–Crippen MR) is 88.3 cm³/mol. The molecule has 0 aliphatic rings. The third-order valence-electron chi connectivity index (χ3n) is 3.60. The summed E-state index contributed by atoms with van der Waals surface area (Å²) in [6.45, 7) is 2.90. The second-order valence-corrected chi connectivity index (χ2v) is 5.93. The lowest BCUT2D eigenvalue weighted by Crippen LogP contribution is -2.18. The minimum atomic E-state index is -0.170. The number of aromatic amines is 2. The van der Waals surface area contributed by atoms with Gasteiger partial charge in [0.05, 0.1) is 11.0 Å². The third kappa shape index (κ3) is 3.09. The summed E-state index contributed by atoms with van der Waals surface area (Å²) in [5, 5.41) is 3.50. The molecule has 0 spiro atoms. The van der Waals surface area contributed by atoms with E-state index in [2.05, 4.69) is 44.2 Å². The predicted octanol–water partition coefficient (Wildman–Crippen LogP) is 3.47. The molecule has 4 nitrogen and oxygen atoms in total. The highest BCUT2D eigenvalue weighted by Gasteiger charge is 2.08. The van der Waals surface area contributed by atoms with Crippen LogP contribution in [0.25, 0.3) is 11.0 Å². The van der Waals surface area contributed by atoms with Gasteiger partial charge in [0, 0.05) is 17.1 Å². The van der Waals surface area contributed by atoms with Crippen molar-refractivity contribution < 1.29 is 0 Å². The smallest absolute Gasteiger partial charge is 0.306 e. The van der Waals surface area contributed by atoms with Gasteiger partial charge < -0.3 is 15.3 Å². The monoisotopic (exact) mass is 345 g/mol. The van der Waals surface area contributed by atoms with Gasteiger partial charge in [-0.05, 0) is 36.2 Å². The number of hydrogen-bond donors (Lipinski definition) is 3. The van der Waals surface area contributed by atoms with Gasteiger partial charge in [-0.1, -0.05) is 40.2 Å². The van der Waals surface area contributed by atoms with Crippen molar-refractivity contribution in [3.63, 3.8) is 0 Å². The largest absolute Gasteiger partial charge is 0.323 e. The van der Waals surface area contributed by atoms with E-state index in [4.69, 9.17) is 0 Å². The van der Waals surface area contributed by atoms with E-state index in [1.165, 1.54) is 5.56 Å². The maximum absolute atomic E-state index is 11.3. The highest BCUT2D eigenvalue weighted by molar-refractivity contribution is 9.10. The molecule has 0 saturated heterocycles. The van der Waals surface area contributed by atoms with E-state index in [0.717, 1.165) is 27.6 Å². The minimum absolute atomic E-state index is 0.170. The SMILES string of the molecule is C[C@@H](NCc1ccccc1Br)c1ccc2[nH]c(=O)[nH]c2c1. The lowest BCUT2D eigenvalue weighted by molar-refractivity contribution is 0.574. The average molecular weight is 346 g/mol. The Hall–Kier alpha value is -1.85. The number of H-pyrrole nitrogens is 2. The summed E-state index contributed by atoms with van der Waals surface area (Å²) in [7, 11) is 0. The molecule has 3 N–H and O–H groups in total. The molecular weight excluding hydrogens is 330 g/mol. The van der Waals surface area contributed by atoms with Crippen LogP contribution in [0.4, 0.5) is 0 Å². The van der Waals surface area contributed by atoms with Crippen molar-refractivity contribution in [2.45, 2.75) is 19.5 Å². The number of nitrogens with one attached hydrogen (secondary N) is 3. The molecule has 0 bridgehead atoms. The fraction of sp³-hybridized carbons (Fsp3) is 0.188. The van der Waals surface area contributed by atoms with Crippen molar-refractivity contribution in [3.8, 4) is 0 Å². The van der Waals surface area contributed by atoms with Crippen LogP contribution in [-0.2, 0) is 6.54 Å². The van der Waals surface area contributed by atoms with Gasteiger partial charge in [-0.3, -0.25) is 0 Å². The topological polar surface area (TPSA) is 60.7 Å². The summed E-state index contributed by atoms with van der Waals surface area (Å²) >= 11 is 3.55. The van der Waals surface area contributed by atoms with Crippen LogP contribution in [0.5, 0.6) is 0 Å². The molecule has 0 unspecified atom stereocenters. The van der Waals surface area contributed by atoms with Gasteiger partial charge in [-0.25, -0.2) is 4.79 Å². The molecule has 0 saturated carbocycles. The first-order valence-corrected chi connectivity index (χ1v) is 7.61. The number of imidazole rings is 1. The Bertz CT molecular complexity index is 822. The molecule has 1 aromatic heterocycles. The Labute approximate surface area is 130 Å². The van der Waals surface area contributed by atoms with E-state index < -0.39 is 0 Å². The molecule has 0 fully saturated rings. The molecule has 1 heterocycles. The molecule has 3 rings (SSSR count). The van der Waals surface area contributed by atoms with Crippen LogP contribution in [0, 0.1) is 0 Å². The van der Waals surface area contributed by atoms with Gasteiger partial charge in [0.15, 0.2) is 0 Å². The standard InChI is InChI=1S/C16H16BrN3O/c1-10(18-9-12-4-2-3-5-13(12)17)11-6-7-14-15(8-11)20-16(21)19-14/h2-8,10,18H,9H2,1H3,(H2,19,20,21)/t10-/m1/s1. The van der Waals surface area contributed by atoms with Crippen molar-refractivity contribution in [2.75, 3.05) is 0 Å². The van der Waals surface area contributed by atoms with Gasteiger partial charge in [0.1, 0.15) is 0 Å². The quantitative estimate of drug-likeness (QED) is 0.677. The van der Waals surface area contributed by atoms with Crippen LogP contribution in [0.3, 0.4) is 0 Å². The highest BCUT2D eigenvalue weighted by Crippen LogP contribution is 2.19. The zero-order valence-electron chi connectivity index (χ0n) is 11.6. The Kier molecular flexibility index (Phi) is 3.94. The number of aromatic nitrogens is 2. The number of fused-ring (bicyclic) bond motifs is 1. The number of hydrogen-bond acceptors (Lipinski definition) is 2. The Morgan fingerprint density at radius 3 is 2.71 bits per heavy atom. The minimum Gasteiger partial charge on any atom is -0.306 e. The second-order valence-electron chi connectivity index (χ2n) is 5.08. The first-order valence-electron chi connectivity index (χ1n) is 6.82. The van der Waals surface area contributed by atoms with Crippen molar-refractivity contribution in [3.05, 3.63) is 68.5 Å². The highest BCUT2D eigenvalue weighted by atomic mass is 79.9. The second kappa shape index (κ2) is 5.87. The molecule has 0 aliphatic carbocycles. The van der Waals surface area contributed by atoms with Crippen LogP contribution >= 0.6 is 15.9 Å². The number of rotatable bonds is 4. The maximum Gasteiger partial charge on any atom is 0.323 e. The van der Waals surface area contributed by atoms with Gasteiger partial charge >= 0.3 is 5.69 Å². The molecule has 1 atom stereocenters. The van der Waals surface area contributed by atoms with Crippen LogP contribution in [0.15, 0.2) is 51.7 Å². The van der Waals surface area contributed by atoms with E-state index in [9.17, 15) is 4.79 Å². The van der Waals surface area contributed by atoms with Crippen molar-refractivity contribution >= 4 is 27.0 Å². The fourth-order valence-electron chi connectivity index (χ4n) is 2.34. The molecule has 21 heavy (non-hydrogen) atoms. The van der Waals surface area contributed by atoms with E-state index in [-0.39, 0.29) is 11.7 Å². The molecule has 5 heteroatoms. The summed E-state index contributed by atoms with van der Waals surface area (Å²) in [6.07, 6.45) is 0. The van der Waals surface area contributed by atoms with Gasteiger partial charge in [0.2, 0.25) is 0 Å². The maximum atomic E-state index is 11.3. The average Bonchev–Trinajstić information content (AvgIpc) is 2.85. The van der Waals surface area contributed by atoms with Gasteiger partial charge in [-0.2, -0.15) is 0 Å². The molecule has 0 aliphatic heterocycles. The van der Waals surface area contributed by atoms with Crippen LogP contribution in [-0.4, -0.2) is 9.97 Å². The summed E-state index contributed by atoms with van der Waals surface area (Å²) in [5.41, 5.74) is 3.87. The van der Waals surface area contributed by atoms with Crippen molar-refractivity contribution in [1.29, 1.82) is 0 Å². The Morgan fingerprint density at radius 2 is 1.90 bits per heavy atom. The molecule has 2 aromatic carbocycles. The first kappa shape index (κ1) is 14.1. The Balaban J connectivity index is 1.76. The zero-order valence-corrected chi connectivity index (χ0v) is 13.2. The van der Waals surface area contributed by atoms with Crippen molar-refractivity contribution in [1.82, 2.24) is 15.3 Å². The van der Waals surface area contributed by atoms with Crippen molar-refractivity contribution in [2.24, 2.45) is 0 Å². The molecular formula is C16H16BrN3O. The molecule has 0 radical (unpaired) electrons. The molecule has 108 valence electrons. The van der Waals surface area contributed by atoms with Gasteiger partial charge in [-0.15, -0.1) is 0 Å². The summed E-state index contributed by atoms with van der Waals surface area (Å²) in [6, 6.07) is 14.3. The van der Waals surface area contributed by atoms with Crippen LogP contribution in [0.1, 0.15) is 24.1 Å². The first-order chi connectivity index (χ1) is 10.1. The Morgan fingerprint density at radius 1 is 1.14 bits per heavy atom. The van der Waals surface area contributed by atoms with Gasteiger partial charge in [0.25, 0.3) is 0 Å². The molecule has 3 aromatic rings. The number of halogens is 1. The normalized spacial score (nSPS) is 12.7. The lowest BCUT2D eigenvalue weighted by atomic mass is 10.1. The number of benzene rings is 2. The van der Waals surface area contributed by atoms with E-state index in [1.807, 2.05) is 36.4 Å². The molecule has 0 amide bonds. The van der Waals surface area contributed by atoms with Crippen LogP contribution < -0.4 is 11.0 Å². The summed E-state index contributed by atoms with van der Waals surface area (Å²) < 4.78 is 1.11. The zero-order chi connectivity index (χ0) is 14.8. The third-order valence-corrected chi connectivity index (χ3v) is 4.37. The van der Waals surface area contributed by atoms with E-state index in [1.54, 1.807) is 0 Å². The van der Waals surface area contributed by atoms with E-state index in [0.29, 0.717) is 0 Å². The summed E-state index contributed by atoms with van der Waals surface area (Å²) in [4.78, 5) is 16.8. The fourth-order valence-corrected chi connectivity index (χ4v) is 2.77. The van der Waals surface area contributed by atoms with E-state index >= 15 is 0 Å². The summed E-state index contributed by atoms with van der Waals surface area (Å²) in [5.74, 6) is 0. The lowest BCUT2D eigenvalue weighted by Gasteiger charge is -2.15. The van der Waals surface area contributed by atoms with Crippen LogP contribution in [0.2, 0.25) is 0 Å².